The first-order valence-electron chi connectivity index (χ1n) is 4.44. The predicted molar refractivity (Wildman–Crippen MR) is 50.0 cm³/mol. The molecule has 2 heteroatoms. The van der Waals surface area contributed by atoms with Gasteiger partial charge in [-0.1, -0.05) is 13.8 Å². The van der Waals surface area contributed by atoms with Gasteiger partial charge in [0.15, 0.2) is 0 Å². The van der Waals surface area contributed by atoms with E-state index in [1.165, 1.54) is 0 Å². The van der Waals surface area contributed by atoms with Gasteiger partial charge in [0.05, 0.1) is 6.54 Å². The maximum absolute atomic E-state index is 5.40. The van der Waals surface area contributed by atoms with Crippen LogP contribution in [0.4, 0.5) is 0 Å². The zero-order valence-corrected chi connectivity index (χ0v) is 8.05. The van der Waals surface area contributed by atoms with Gasteiger partial charge in [0, 0.05) is 0 Å². The van der Waals surface area contributed by atoms with Crippen LogP contribution < -0.4 is 5.32 Å². The molecule has 0 fully saturated rings. The van der Waals surface area contributed by atoms with Crippen molar-refractivity contribution in [3.63, 3.8) is 0 Å². The monoisotopic (exact) mass is 167 g/mol. The van der Waals surface area contributed by atoms with Gasteiger partial charge >= 0.3 is 0 Å². The Labute approximate surface area is 74.0 Å². The fourth-order valence-corrected chi connectivity index (χ4v) is 1.06. The molecule has 1 aromatic rings. The van der Waals surface area contributed by atoms with E-state index in [-0.39, 0.29) is 0 Å². The van der Waals surface area contributed by atoms with Gasteiger partial charge in [-0.25, -0.2) is 0 Å². The first kappa shape index (κ1) is 9.33. The minimum absolute atomic E-state index is 0.695. The van der Waals surface area contributed by atoms with Crippen LogP contribution in [-0.2, 0) is 6.54 Å². The normalized spacial score (nSPS) is 11.0. The molecule has 1 rings (SSSR count). The van der Waals surface area contributed by atoms with E-state index in [4.69, 9.17) is 4.42 Å². The third kappa shape index (κ3) is 3.09. The van der Waals surface area contributed by atoms with Crippen molar-refractivity contribution in [2.75, 3.05) is 6.54 Å². The molecule has 12 heavy (non-hydrogen) atoms. The zero-order chi connectivity index (χ0) is 8.97. The Balaban J connectivity index is 2.24. The highest BCUT2D eigenvalue weighted by Gasteiger charge is 1.98. The van der Waals surface area contributed by atoms with Crippen molar-refractivity contribution in [3.05, 3.63) is 23.7 Å². The van der Waals surface area contributed by atoms with Gasteiger partial charge in [-0.2, -0.15) is 0 Å². The molecule has 0 amide bonds. The van der Waals surface area contributed by atoms with Crippen LogP contribution in [0.15, 0.2) is 16.5 Å². The molecule has 0 aromatic carbocycles. The van der Waals surface area contributed by atoms with Gasteiger partial charge < -0.3 is 9.73 Å². The second kappa shape index (κ2) is 4.31. The Kier molecular flexibility index (Phi) is 3.35. The van der Waals surface area contributed by atoms with Gasteiger partial charge in [0.1, 0.15) is 11.5 Å². The van der Waals surface area contributed by atoms with Crippen molar-refractivity contribution in [1.29, 1.82) is 0 Å². The van der Waals surface area contributed by atoms with E-state index in [0.29, 0.717) is 5.92 Å². The lowest BCUT2D eigenvalue weighted by molar-refractivity contribution is 0.448. The highest BCUT2D eigenvalue weighted by molar-refractivity contribution is 5.04. The molecule has 0 unspecified atom stereocenters. The van der Waals surface area contributed by atoms with Crippen molar-refractivity contribution < 1.29 is 4.42 Å². The molecule has 68 valence electrons. The Hall–Kier alpha value is -0.760. The van der Waals surface area contributed by atoms with Crippen molar-refractivity contribution in [1.82, 2.24) is 5.32 Å². The van der Waals surface area contributed by atoms with Gasteiger partial charge in [-0.3, -0.25) is 0 Å². The van der Waals surface area contributed by atoms with Gasteiger partial charge in [-0.05, 0) is 31.5 Å². The number of hydrogen-bond donors (Lipinski definition) is 1. The third-order valence-corrected chi connectivity index (χ3v) is 1.65. The number of rotatable bonds is 4. The summed E-state index contributed by atoms with van der Waals surface area (Å²) in [4.78, 5) is 0. The summed E-state index contributed by atoms with van der Waals surface area (Å²) in [7, 11) is 0. The van der Waals surface area contributed by atoms with E-state index in [1.807, 2.05) is 19.1 Å². The van der Waals surface area contributed by atoms with Crippen molar-refractivity contribution >= 4 is 0 Å². The fourth-order valence-electron chi connectivity index (χ4n) is 1.06. The molecule has 0 aliphatic carbocycles. The Morgan fingerprint density at radius 2 is 2.17 bits per heavy atom. The van der Waals surface area contributed by atoms with E-state index >= 15 is 0 Å². The van der Waals surface area contributed by atoms with Gasteiger partial charge in [0.2, 0.25) is 0 Å². The lowest BCUT2D eigenvalue weighted by Crippen LogP contribution is -2.18. The van der Waals surface area contributed by atoms with Crippen molar-refractivity contribution in [2.45, 2.75) is 27.3 Å². The molecule has 0 spiro atoms. The number of furan rings is 1. The number of aryl methyl sites for hydroxylation is 1. The average molecular weight is 167 g/mol. The molecule has 1 heterocycles. The average Bonchev–Trinajstić information content (AvgIpc) is 2.35. The van der Waals surface area contributed by atoms with E-state index in [9.17, 15) is 0 Å². The number of hydrogen-bond acceptors (Lipinski definition) is 2. The number of nitrogens with one attached hydrogen (secondary N) is 1. The van der Waals surface area contributed by atoms with Crippen LogP contribution >= 0.6 is 0 Å². The van der Waals surface area contributed by atoms with Crippen LogP contribution in [-0.4, -0.2) is 6.54 Å². The Morgan fingerprint density at radius 1 is 1.42 bits per heavy atom. The highest BCUT2D eigenvalue weighted by Crippen LogP contribution is 2.05. The van der Waals surface area contributed by atoms with Crippen LogP contribution in [0.2, 0.25) is 0 Å². The minimum Gasteiger partial charge on any atom is -0.465 e. The zero-order valence-electron chi connectivity index (χ0n) is 8.05. The second-order valence-corrected chi connectivity index (χ2v) is 3.54. The molecule has 0 saturated heterocycles. The topological polar surface area (TPSA) is 25.2 Å². The smallest absolute Gasteiger partial charge is 0.117 e. The Morgan fingerprint density at radius 3 is 2.67 bits per heavy atom. The lowest BCUT2D eigenvalue weighted by Gasteiger charge is -2.04. The summed E-state index contributed by atoms with van der Waals surface area (Å²) in [6.07, 6.45) is 0. The van der Waals surface area contributed by atoms with Gasteiger partial charge in [0.25, 0.3) is 0 Å². The van der Waals surface area contributed by atoms with Crippen molar-refractivity contribution in [2.24, 2.45) is 5.92 Å². The second-order valence-electron chi connectivity index (χ2n) is 3.54. The molecule has 0 saturated carbocycles. The molecule has 0 radical (unpaired) electrons. The molecule has 0 bridgehead atoms. The van der Waals surface area contributed by atoms with Crippen LogP contribution in [0.3, 0.4) is 0 Å². The molecule has 0 aliphatic heterocycles. The molecule has 1 N–H and O–H groups in total. The van der Waals surface area contributed by atoms with Crippen molar-refractivity contribution in [3.8, 4) is 0 Å². The molecule has 1 aromatic heterocycles. The van der Waals surface area contributed by atoms with Crippen LogP contribution in [0.1, 0.15) is 25.4 Å². The summed E-state index contributed by atoms with van der Waals surface area (Å²) >= 11 is 0. The highest BCUT2D eigenvalue weighted by atomic mass is 16.3. The summed E-state index contributed by atoms with van der Waals surface area (Å²) < 4.78 is 5.40. The van der Waals surface area contributed by atoms with E-state index in [2.05, 4.69) is 19.2 Å². The quantitative estimate of drug-likeness (QED) is 0.744. The lowest BCUT2D eigenvalue weighted by atomic mass is 10.2. The summed E-state index contributed by atoms with van der Waals surface area (Å²) in [5, 5.41) is 3.32. The van der Waals surface area contributed by atoms with Crippen LogP contribution in [0, 0.1) is 12.8 Å². The molecule has 0 atom stereocenters. The molecule has 2 nitrogen and oxygen atoms in total. The van der Waals surface area contributed by atoms with Crippen LogP contribution in [0.25, 0.3) is 0 Å². The predicted octanol–water partition coefficient (Wildman–Crippen LogP) is 2.33. The van der Waals surface area contributed by atoms with E-state index < -0.39 is 0 Å². The van der Waals surface area contributed by atoms with Gasteiger partial charge in [-0.15, -0.1) is 0 Å². The minimum atomic E-state index is 0.695. The standard InChI is InChI=1S/C10H17NO/c1-8(2)6-11-7-10-5-4-9(3)12-10/h4-5,8,11H,6-7H2,1-3H3. The molecule has 0 aliphatic rings. The summed E-state index contributed by atoms with van der Waals surface area (Å²) in [5.41, 5.74) is 0. The largest absolute Gasteiger partial charge is 0.465 e. The summed E-state index contributed by atoms with van der Waals surface area (Å²) in [6.45, 7) is 8.23. The third-order valence-electron chi connectivity index (χ3n) is 1.65. The van der Waals surface area contributed by atoms with E-state index in [1.54, 1.807) is 0 Å². The SMILES string of the molecule is Cc1ccc(CNCC(C)C)o1. The van der Waals surface area contributed by atoms with Crippen LogP contribution in [0.5, 0.6) is 0 Å². The maximum atomic E-state index is 5.40. The first-order valence-corrected chi connectivity index (χ1v) is 4.44. The first-order chi connectivity index (χ1) is 5.68. The molecular weight excluding hydrogens is 150 g/mol. The maximum Gasteiger partial charge on any atom is 0.117 e. The molecular formula is C10H17NO. The van der Waals surface area contributed by atoms with E-state index in [0.717, 1.165) is 24.6 Å². The fraction of sp³-hybridized carbons (Fsp3) is 0.600. The summed E-state index contributed by atoms with van der Waals surface area (Å²) in [6, 6.07) is 4.01. The summed E-state index contributed by atoms with van der Waals surface area (Å²) in [5.74, 6) is 2.70. The Bertz CT molecular complexity index is 227.